The molecule has 0 saturated heterocycles. The van der Waals surface area contributed by atoms with E-state index in [2.05, 4.69) is 10.2 Å². The second-order valence-corrected chi connectivity index (χ2v) is 5.97. The number of aromatic nitrogens is 2. The average molecular weight is 358 g/mol. The standard InChI is InChI=1S/C18H13Cl2N3O/c19-15-7-3-12(9-16(15)20)17-10-14(22-23-17)6-8-18(24)11-1-4-13(21)5-2-11/h1-10H,21H2,(H,22,23)/b8-6+. The molecule has 24 heavy (non-hydrogen) atoms. The van der Waals surface area contributed by atoms with Crippen molar-refractivity contribution in [1.29, 1.82) is 0 Å². The SMILES string of the molecule is Nc1ccc(C(=O)/C=C/c2cc(-c3ccc(Cl)c(Cl)c3)n[nH]2)cc1. The predicted molar refractivity (Wildman–Crippen MR) is 98.3 cm³/mol. The van der Waals surface area contributed by atoms with Crippen LogP contribution in [-0.4, -0.2) is 16.0 Å². The van der Waals surface area contributed by atoms with Crippen LogP contribution in [0.3, 0.4) is 0 Å². The number of ketones is 1. The largest absolute Gasteiger partial charge is 0.399 e. The summed E-state index contributed by atoms with van der Waals surface area (Å²) in [6, 6.07) is 13.9. The number of hydrogen-bond acceptors (Lipinski definition) is 3. The molecule has 3 rings (SSSR count). The molecule has 2 aromatic carbocycles. The number of nitrogens with one attached hydrogen (secondary N) is 1. The molecular formula is C18H13Cl2N3O. The highest BCUT2D eigenvalue weighted by molar-refractivity contribution is 6.42. The van der Waals surface area contributed by atoms with Gasteiger partial charge in [0.05, 0.1) is 21.4 Å². The van der Waals surface area contributed by atoms with Gasteiger partial charge in [-0.3, -0.25) is 9.89 Å². The molecule has 1 aromatic heterocycles. The molecule has 0 fully saturated rings. The van der Waals surface area contributed by atoms with Crippen LogP contribution in [0.15, 0.2) is 54.6 Å². The second-order valence-electron chi connectivity index (χ2n) is 5.16. The first-order chi connectivity index (χ1) is 11.5. The van der Waals surface area contributed by atoms with Gasteiger partial charge in [-0.25, -0.2) is 0 Å². The molecule has 120 valence electrons. The van der Waals surface area contributed by atoms with Crippen molar-refractivity contribution in [3.05, 3.63) is 75.9 Å². The van der Waals surface area contributed by atoms with Crippen molar-refractivity contribution in [1.82, 2.24) is 10.2 Å². The van der Waals surface area contributed by atoms with Crippen LogP contribution in [-0.2, 0) is 0 Å². The summed E-state index contributed by atoms with van der Waals surface area (Å²) in [5.41, 5.74) is 9.07. The molecule has 6 heteroatoms. The van der Waals surface area contributed by atoms with E-state index in [1.54, 1.807) is 42.5 Å². The van der Waals surface area contributed by atoms with E-state index in [1.807, 2.05) is 12.1 Å². The fraction of sp³-hybridized carbons (Fsp3) is 0. The fourth-order valence-corrected chi connectivity index (χ4v) is 2.43. The summed E-state index contributed by atoms with van der Waals surface area (Å²) in [5.74, 6) is -0.110. The van der Waals surface area contributed by atoms with Gasteiger partial charge < -0.3 is 5.73 Å². The van der Waals surface area contributed by atoms with Crippen LogP contribution in [0.2, 0.25) is 10.0 Å². The first-order valence-electron chi connectivity index (χ1n) is 7.12. The Hall–Kier alpha value is -2.56. The number of anilines is 1. The summed E-state index contributed by atoms with van der Waals surface area (Å²) in [6.07, 6.45) is 3.16. The number of nitrogen functional groups attached to an aromatic ring is 1. The van der Waals surface area contributed by atoms with Crippen LogP contribution in [0.4, 0.5) is 5.69 Å². The van der Waals surface area contributed by atoms with Gasteiger partial charge in [0.1, 0.15) is 0 Å². The van der Waals surface area contributed by atoms with Gasteiger partial charge in [0, 0.05) is 16.8 Å². The molecule has 0 saturated carbocycles. The smallest absolute Gasteiger partial charge is 0.185 e. The maximum atomic E-state index is 12.1. The molecule has 3 N–H and O–H groups in total. The Morgan fingerprint density at radius 3 is 2.50 bits per heavy atom. The van der Waals surface area contributed by atoms with Crippen LogP contribution < -0.4 is 5.73 Å². The first kappa shape index (κ1) is 16.3. The third kappa shape index (κ3) is 3.67. The fourth-order valence-electron chi connectivity index (χ4n) is 2.13. The zero-order chi connectivity index (χ0) is 17.1. The van der Waals surface area contributed by atoms with Gasteiger partial charge in [0.2, 0.25) is 0 Å². The number of carbonyl (C=O) groups excluding carboxylic acids is 1. The van der Waals surface area contributed by atoms with Crippen molar-refractivity contribution >= 4 is 40.7 Å². The average Bonchev–Trinajstić information content (AvgIpc) is 3.05. The second kappa shape index (κ2) is 6.91. The third-order valence-corrected chi connectivity index (χ3v) is 4.16. The normalized spacial score (nSPS) is 11.1. The van der Waals surface area contributed by atoms with E-state index in [0.717, 1.165) is 5.56 Å². The number of benzene rings is 2. The number of hydrogen-bond donors (Lipinski definition) is 2. The molecule has 0 bridgehead atoms. The summed E-state index contributed by atoms with van der Waals surface area (Å²) in [5, 5.41) is 8.04. The Balaban J connectivity index is 1.77. The van der Waals surface area contributed by atoms with E-state index in [0.29, 0.717) is 32.7 Å². The highest BCUT2D eigenvalue weighted by atomic mass is 35.5. The lowest BCUT2D eigenvalue weighted by molar-refractivity contribution is 0.104. The number of aromatic amines is 1. The number of nitrogens with zero attached hydrogens (tertiary/aromatic N) is 1. The highest BCUT2D eigenvalue weighted by Crippen LogP contribution is 2.27. The minimum absolute atomic E-state index is 0.110. The summed E-state index contributed by atoms with van der Waals surface area (Å²) in [4.78, 5) is 12.1. The van der Waals surface area contributed by atoms with Crippen molar-refractivity contribution in [2.75, 3.05) is 5.73 Å². The van der Waals surface area contributed by atoms with Crippen LogP contribution in [0, 0.1) is 0 Å². The van der Waals surface area contributed by atoms with Crippen LogP contribution in [0.25, 0.3) is 17.3 Å². The van der Waals surface area contributed by atoms with Crippen molar-refractivity contribution in [3.8, 4) is 11.3 Å². The Kier molecular flexibility index (Phi) is 4.69. The molecule has 0 aliphatic rings. The van der Waals surface area contributed by atoms with Gasteiger partial charge in [-0.1, -0.05) is 29.3 Å². The Morgan fingerprint density at radius 1 is 1.04 bits per heavy atom. The molecule has 0 spiro atoms. The van der Waals surface area contributed by atoms with E-state index < -0.39 is 0 Å². The van der Waals surface area contributed by atoms with Crippen LogP contribution >= 0.6 is 23.2 Å². The quantitative estimate of drug-likeness (QED) is 0.397. The molecular weight excluding hydrogens is 345 g/mol. The van der Waals surface area contributed by atoms with Crippen molar-refractivity contribution in [2.24, 2.45) is 0 Å². The number of rotatable bonds is 4. The number of H-pyrrole nitrogens is 1. The molecule has 0 aliphatic carbocycles. The minimum Gasteiger partial charge on any atom is -0.399 e. The zero-order valence-electron chi connectivity index (χ0n) is 12.5. The number of halogens is 2. The lowest BCUT2D eigenvalue weighted by Gasteiger charge is -1.98. The van der Waals surface area contributed by atoms with Gasteiger partial charge in [-0.05, 0) is 54.6 Å². The van der Waals surface area contributed by atoms with Crippen molar-refractivity contribution in [2.45, 2.75) is 0 Å². The third-order valence-electron chi connectivity index (χ3n) is 3.42. The lowest BCUT2D eigenvalue weighted by atomic mass is 10.1. The van der Waals surface area contributed by atoms with Gasteiger partial charge in [0.15, 0.2) is 5.78 Å². The Morgan fingerprint density at radius 2 is 1.79 bits per heavy atom. The molecule has 0 amide bonds. The lowest BCUT2D eigenvalue weighted by Crippen LogP contribution is -1.94. The number of nitrogens with two attached hydrogens (primary N) is 1. The number of carbonyl (C=O) groups is 1. The Bertz CT molecular complexity index is 914. The maximum absolute atomic E-state index is 12.1. The van der Waals surface area contributed by atoms with Gasteiger partial charge >= 0.3 is 0 Å². The van der Waals surface area contributed by atoms with Gasteiger partial charge in [0.25, 0.3) is 0 Å². The number of allylic oxidation sites excluding steroid dienone is 1. The summed E-state index contributed by atoms with van der Waals surface area (Å²) in [7, 11) is 0. The molecule has 1 heterocycles. The summed E-state index contributed by atoms with van der Waals surface area (Å²) < 4.78 is 0. The summed E-state index contributed by atoms with van der Waals surface area (Å²) >= 11 is 11.9. The first-order valence-corrected chi connectivity index (χ1v) is 7.87. The molecule has 0 radical (unpaired) electrons. The van der Waals surface area contributed by atoms with Crippen molar-refractivity contribution < 1.29 is 4.79 Å². The van der Waals surface area contributed by atoms with E-state index >= 15 is 0 Å². The van der Waals surface area contributed by atoms with Crippen LogP contribution in [0.5, 0.6) is 0 Å². The van der Waals surface area contributed by atoms with Crippen LogP contribution in [0.1, 0.15) is 16.1 Å². The maximum Gasteiger partial charge on any atom is 0.185 e. The van der Waals surface area contributed by atoms with E-state index in [-0.39, 0.29) is 5.78 Å². The van der Waals surface area contributed by atoms with E-state index in [9.17, 15) is 4.79 Å². The highest BCUT2D eigenvalue weighted by Gasteiger charge is 2.06. The van der Waals surface area contributed by atoms with Gasteiger partial charge in [-0.2, -0.15) is 5.10 Å². The topological polar surface area (TPSA) is 71.8 Å². The van der Waals surface area contributed by atoms with Crippen molar-refractivity contribution in [3.63, 3.8) is 0 Å². The van der Waals surface area contributed by atoms with E-state index in [1.165, 1.54) is 6.08 Å². The summed E-state index contributed by atoms with van der Waals surface area (Å²) in [6.45, 7) is 0. The Labute approximate surface area is 148 Å². The molecule has 0 atom stereocenters. The minimum atomic E-state index is -0.110. The zero-order valence-corrected chi connectivity index (χ0v) is 14.0. The van der Waals surface area contributed by atoms with E-state index in [4.69, 9.17) is 28.9 Å². The predicted octanol–water partition coefficient (Wildman–Crippen LogP) is 4.86. The monoisotopic (exact) mass is 357 g/mol. The molecule has 3 aromatic rings. The van der Waals surface area contributed by atoms with Gasteiger partial charge in [-0.15, -0.1) is 0 Å². The molecule has 4 nitrogen and oxygen atoms in total. The molecule has 0 aliphatic heterocycles. The molecule has 0 unspecified atom stereocenters.